The molecule has 3 atom stereocenters. The lowest BCUT2D eigenvalue weighted by molar-refractivity contribution is -0.147. The summed E-state index contributed by atoms with van der Waals surface area (Å²) in [6.45, 7) is 10.5. The third kappa shape index (κ3) is 5.54. The second-order valence-corrected chi connectivity index (χ2v) is 17.3. The molecule has 0 saturated carbocycles. The van der Waals surface area contributed by atoms with Crippen molar-refractivity contribution < 1.29 is 28.4 Å². The van der Waals surface area contributed by atoms with Crippen LogP contribution in [0.4, 0.5) is 11.4 Å². The molecule has 0 radical (unpaired) electrons. The Bertz CT molecular complexity index is 2700. The van der Waals surface area contributed by atoms with Crippen LogP contribution in [-0.2, 0) is 30.5 Å². The second kappa shape index (κ2) is 14.5. The number of cyclic esters (lactones) is 1. The predicted octanol–water partition coefficient (Wildman–Crippen LogP) is 10.5. The second-order valence-electron chi connectivity index (χ2n) is 15.0. The largest absolute Gasteiger partial charge is 0.458 e. The fourth-order valence-electron chi connectivity index (χ4n) is 8.81. The molecule has 0 bridgehead atoms. The van der Waals surface area contributed by atoms with Crippen LogP contribution in [0.15, 0.2) is 69.4 Å². The summed E-state index contributed by atoms with van der Waals surface area (Å²) in [5.74, 6) is -1.75. The van der Waals surface area contributed by atoms with Crippen LogP contribution in [0.5, 0.6) is 0 Å². The highest BCUT2D eigenvalue weighted by molar-refractivity contribution is 6.40. The number of rotatable bonds is 7. The molecule has 5 aromatic rings. The van der Waals surface area contributed by atoms with E-state index in [1.165, 1.54) is 10.0 Å². The van der Waals surface area contributed by atoms with Gasteiger partial charge in [-0.1, -0.05) is 79.9 Å². The van der Waals surface area contributed by atoms with Crippen LogP contribution >= 0.6 is 69.6 Å². The van der Waals surface area contributed by atoms with E-state index in [4.69, 9.17) is 98.7 Å². The van der Waals surface area contributed by atoms with Crippen molar-refractivity contribution in [1.82, 2.24) is 10.2 Å². The number of oxime groups is 1. The summed E-state index contributed by atoms with van der Waals surface area (Å²) < 4.78 is 17.6. The van der Waals surface area contributed by atoms with Gasteiger partial charge in [-0.05, 0) is 123 Å². The van der Waals surface area contributed by atoms with Crippen molar-refractivity contribution in [1.29, 1.82) is 0 Å². The molecule has 2 spiro atoms. The molecule has 18 heteroatoms. The molecule has 0 amide bonds. The van der Waals surface area contributed by atoms with E-state index < -0.39 is 29.2 Å². The topological polar surface area (TPSA) is 122 Å². The van der Waals surface area contributed by atoms with Gasteiger partial charge in [0.1, 0.15) is 24.1 Å². The van der Waals surface area contributed by atoms with Gasteiger partial charge < -0.3 is 18.8 Å². The van der Waals surface area contributed by atoms with Gasteiger partial charge in [0.25, 0.3) is 11.4 Å². The van der Waals surface area contributed by atoms with E-state index in [1.807, 2.05) is 41.5 Å². The molecule has 12 nitrogen and oxygen atoms in total. The number of benzene rings is 4. The molecule has 0 N–H and O–H groups in total. The van der Waals surface area contributed by atoms with E-state index in [0.29, 0.717) is 80.7 Å². The zero-order valence-corrected chi connectivity index (χ0v) is 37.1. The molecule has 2 saturated heterocycles. The Balaban J connectivity index is 1.19. The van der Waals surface area contributed by atoms with Crippen molar-refractivity contribution in [2.45, 2.75) is 65.5 Å². The lowest BCUT2D eigenvalue weighted by atomic mass is 9.79. The Morgan fingerprint density at radius 2 is 1.30 bits per heavy atom. The highest BCUT2D eigenvalue weighted by atomic mass is 35.5. The number of hydrazine groups is 1. The van der Waals surface area contributed by atoms with Gasteiger partial charge in [-0.2, -0.15) is 0 Å². The van der Waals surface area contributed by atoms with Crippen molar-refractivity contribution in [3.63, 3.8) is 0 Å². The van der Waals surface area contributed by atoms with Crippen molar-refractivity contribution in [3.05, 3.63) is 129 Å². The Hall–Kier alpha value is -4.69. The van der Waals surface area contributed by atoms with Gasteiger partial charge in [-0.15, -0.1) is 5.10 Å². The Morgan fingerprint density at radius 1 is 0.767 bits per heavy atom. The standard InChI is InChI=1S/C42H32Cl6N6O6/c1-18-30(19(2)33(46)22(5)32(18)45)29-15-28(59-50-29)16-57-39(55)38-49-53(27-13-9-25(44)10-14-27)42-40(56)58-17-41(42)37(52(54(38)42)26-11-7-24(43)8-12-26)36(51-60-41)31-20(3)34(47)23(6)35(48)21(31)4/h7-15,37H,16-17H2,1-6H3/t37-,41+,42-/m1/s1. The average molecular weight is 929 g/mol. The maximum absolute atomic E-state index is 14.8. The molecule has 0 aliphatic carbocycles. The zero-order chi connectivity index (χ0) is 42.7. The monoisotopic (exact) mass is 926 g/mol. The van der Waals surface area contributed by atoms with Crippen molar-refractivity contribution in [3.8, 4) is 11.3 Å². The molecule has 4 aliphatic heterocycles. The maximum Gasteiger partial charge on any atom is 0.378 e. The first-order valence-corrected chi connectivity index (χ1v) is 20.8. The number of nitrogens with zero attached hydrogens (tertiary/aromatic N) is 6. The first kappa shape index (κ1) is 40.7. The third-order valence-corrected chi connectivity index (χ3v) is 14.4. The highest BCUT2D eigenvalue weighted by Crippen LogP contribution is 2.60. The normalized spacial score (nSPS) is 21.4. The molecule has 5 heterocycles. The van der Waals surface area contributed by atoms with Gasteiger partial charge in [0.15, 0.2) is 12.4 Å². The molecule has 9 rings (SSSR count). The van der Waals surface area contributed by atoms with Crippen LogP contribution in [-0.4, -0.2) is 57.6 Å². The number of esters is 2. The highest BCUT2D eigenvalue weighted by Gasteiger charge is 2.88. The van der Waals surface area contributed by atoms with Crippen LogP contribution in [0.1, 0.15) is 44.7 Å². The first-order valence-electron chi connectivity index (χ1n) is 18.5. The fraction of sp³-hybridized carbons (Fsp3) is 0.262. The van der Waals surface area contributed by atoms with Crippen LogP contribution in [0.3, 0.4) is 0 Å². The number of halogens is 6. The van der Waals surface area contributed by atoms with Crippen LogP contribution in [0.2, 0.25) is 30.1 Å². The minimum atomic E-state index is -2.01. The number of ether oxygens (including phenoxy) is 2. The fourth-order valence-corrected chi connectivity index (χ4v) is 9.92. The number of hydrogen-bond acceptors (Lipinski definition) is 12. The van der Waals surface area contributed by atoms with Gasteiger partial charge in [0.2, 0.25) is 0 Å². The van der Waals surface area contributed by atoms with E-state index >= 15 is 0 Å². The Labute approximate surface area is 374 Å². The molecule has 4 aliphatic rings. The Kier molecular flexibility index (Phi) is 9.81. The van der Waals surface area contributed by atoms with Crippen molar-refractivity contribution in [2.24, 2.45) is 10.3 Å². The average Bonchev–Trinajstić information content (AvgIpc) is 4.04. The number of amidine groups is 1. The van der Waals surface area contributed by atoms with E-state index in [1.54, 1.807) is 59.6 Å². The number of hydrazone groups is 1. The lowest BCUT2D eigenvalue weighted by Gasteiger charge is -2.39. The quantitative estimate of drug-likeness (QED) is 0.146. The van der Waals surface area contributed by atoms with E-state index in [0.717, 1.165) is 16.7 Å². The molecular weight excluding hydrogens is 897 g/mol. The number of hydrogen-bond donors (Lipinski definition) is 0. The van der Waals surface area contributed by atoms with E-state index in [2.05, 4.69) is 5.16 Å². The molecule has 0 unspecified atom stereocenters. The Morgan fingerprint density at radius 3 is 1.87 bits per heavy atom. The predicted molar refractivity (Wildman–Crippen MR) is 232 cm³/mol. The summed E-state index contributed by atoms with van der Waals surface area (Å²) >= 11 is 39.8. The maximum atomic E-state index is 14.8. The van der Waals surface area contributed by atoms with E-state index in [-0.39, 0.29) is 24.8 Å². The summed E-state index contributed by atoms with van der Waals surface area (Å²) in [4.78, 5) is 36.0. The number of carbonyl (C=O) groups excluding carboxylic acids is 2. The minimum absolute atomic E-state index is 0.217. The van der Waals surface area contributed by atoms with Crippen LogP contribution in [0.25, 0.3) is 11.3 Å². The summed E-state index contributed by atoms with van der Waals surface area (Å²) in [6.07, 6.45) is 0. The number of anilines is 2. The van der Waals surface area contributed by atoms with Gasteiger partial charge in [0.05, 0.1) is 11.4 Å². The van der Waals surface area contributed by atoms with Gasteiger partial charge in [-0.25, -0.2) is 19.6 Å². The summed E-state index contributed by atoms with van der Waals surface area (Å²) in [7, 11) is 0. The van der Waals surface area contributed by atoms with Gasteiger partial charge >= 0.3 is 17.6 Å². The zero-order valence-electron chi connectivity index (χ0n) is 32.6. The van der Waals surface area contributed by atoms with Crippen molar-refractivity contribution in [2.75, 3.05) is 16.6 Å². The molecule has 1 aromatic heterocycles. The minimum Gasteiger partial charge on any atom is -0.458 e. The smallest absolute Gasteiger partial charge is 0.378 e. The summed E-state index contributed by atoms with van der Waals surface area (Å²) in [5.41, 5.74) is 3.72. The third-order valence-electron chi connectivity index (χ3n) is 11.7. The summed E-state index contributed by atoms with van der Waals surface area (Å²) in [5, 5.41) is 21.2. The molecule has 2 fully saturated rings. The summed E-state index contributed by atoms with van der Waals surface area (Å²) in [6, 6.07) is 14.2. The molecule has 4 aromatic carbocycles. The number of aromatic nitrogens is 1. The van der Waals surface area contributed by atoms with E-state index in [9.17, 15) is 9.59 Å². The first-order chi connectivity index (χ1) is 28.5. The van der Waals surface area contributed by atoms with Crippen molar-refractivity contribution >= 4 is 104 Å². The molecule has 60 heavy (non-hydrogen) atoms. The van der Waals surface area contributed by atoms with Gasteiger partial charge in [-0.3, -0.25) is 5.01 Å². The number of carbonyl (C=O) groups is 2. The van der Waals surface area contributed by atoms with Gasteiger partial charge in [0, 0.05) is 47.3 Å². The van der Waals surface area contributed by atoms with Crippen LogP contribution < -0.4 is 10.0 Å². The lowest BCUT2D eigenvalue weighted by Crippen LogP contribution is -2.68. The SMILES string of the molecule is Cc1c(Cl)c(C)c(C2=NO[C@]34COC(=O)[C@]35N(c3ccc(Cl)cc3)N=C(C(=O)OCc3cc(-c6c(C)c(Cl)c(C)c(Cl)c6C)no3)N5N(c3ccc(Cl)cc3)[C@H]24)c(C)c1Cl. The molecule has 308 valence electrons. The molecular formula is C42H32Cl6N6O6. The van der Waals surface area contributed by atoms with Crippen LogP contribution in [0, 0.1) is 41.5 Å².